The van der Waals surface area contributed by atoms with E-state index in [4.69, 9.17) is 9.47 Å². The van der Waals surface area contributed by atoms with Gasteiger partial charge in [-0.25, -0.2) is 4.79 Å². The molecule has 4 atom stereocenters. The first-order chi connectivity index (χ1) is 15.0. The van der Waals surface area contributed by atoms with Crippen molar-refractivity contribution in [3.63, 3.8) is 0 Å². The van der Waals surface area contributed by atoms with Gasteiger partial charge in [-0.15, -0.1) is 0 Å². The molecule has 2 heterocycles. The van der Waals surface area contributed by atoms with E-state index in [0.29, 0.717) is 42.5 Å². The highest BCUT2D eigenvalue weighted by molar-refractivity contribution is 5.89. The monoisotopic (exact) mass is 430 g/mol. The standard InChI is InChI=1S/C24H34N2O5/c1-30-24(29)17-7-6-8-20(11-17)31-22-13-19-15-26(14-18(19)12-21(22)27)23(28)16-25-9-4-2-3-5-10-25/h6-8,11,18-19,21-22,27H,2-5,9-10,12-16H2,1H3/t18-,19+,21+,22+/m0/s1. The summed E-state index contributed by atoms with van der Waals surface area (Å²) in [4.78, 5) is 29.0. The fourth-order valence-electron chi connectivity index (χ4n) is 5.30. The zero-order valence-electron chi connectivity index (χ0n) is 18.4. The van der Waals surface area contributed by atoms with Crippen LogP contribution in [0.4, 0.5) is 0 Å². The highest BCUT2D eigenvalue weighted by Crippen LogP contribution is 2.38. The lowest BCUT2D eigenvalue weighted by atomic mass is 9.78. The van der Waals surface area contributed by atoms with Gasteiger partial charge < -0.3 is 19.5 Å². The Morgan fingerprint density at radius 2 is 1.77 bits per heavy atom. The van der Waals surface area contributed by atoms with Crippen LogP contribution < -0.4 is 4.74 Å². The van der Waals surface area contributed by atoms with E-state index < -0.39 is 12.1 Å². The number of nitrogens with zero attached hydrogens (tertiary/aromatic N) is 2. The summed E-state index contributed by atoms with van der Waals surface area (Å²) < 4.78 is 10.8. The molecule has 0 bridgehead atoms. The molecular weight excluding hydrogens is 396 g/mol. The van der Waals surface area contributed by atoms with Crippen LogP contribution in [0, 0.1) is 11.8 Å². The van der Waals surface area contributed by atoms with Crippen LogP contribution in [0.2, 0.25) is 0 Å². The molecule has 0 aromatic heterocycles. The SMILES string of the molecule is COC(=O)c1cccc(O[C@@H]2C[C@@H]3CN(C(=O)CN4CCCCCC4)C[C@@H]3C[C@H]2O)c1. The van der Waals surface area contributed by atoms with Crippen molar-refractivity contribution in [1.82, 2.24) is 9.80 Å². The van der Waals surface area contributed by atoms with Crippen molar-refractivity contribution < 1.29 is 24.2 Å². The molecule has 1 saturated carbocycles. The third-order valence-electron chi connectivity index (χ3n) is 7.04. The van der Waals surface area contributed by atoms with Gasteiger partial charge in [0.15, 0.2) is 0 Å². The molecule has 0 radical (unpaired) electrons. The maximum Gasteiger partial charge on any atom is 0.337 e. The summed E-state index contributed by atoms with van der Waals surface area (Å²) in [7, 11) is 1.35. The number of aliphatic hydroxyl groups excluding tert-OH is 1. The fourth-order valence-corrected chi connectivity index (χ4v) is 5.30. The largest absolute Gasteiger partial charge is 0.488 e. The minimum Gasteiger partial charge on any atom is -0.488 e. The fraction of sp³-hybridized carbons (Fsp3) is 0.667. The second-order valence-electron chi connectivity index (χ2n) is 9.22. The molecule has 2 aliphatic heterocycles. The van der Waals surface area contributed by atoms with Gasteiger partial charge in [0.1, 0.15) is 11.9 Å². The normalized spacial score (nSPS) is 29.2. The van der Waals surface area contributed by atoms with Crippen molar-refractivity contribution in [2.75, 3.05) is 39.8 Å². The number of esters is 1. The number of carbonyl (C=O) groups excluding carboxylic acids is 2. The Morgan fingerprint density at radius 1 is 1.06 bits per heavy atom. The van der Waals surface area contributed by atoms with Crippen LogP contribution in [-0.2, 0) is 9.53 Å². The van der Waals surface area contributed by atoms with Crippen molar-refractivity contribution >= 4 is 11.9 Å². The number of methoxy groups -OCH3 is 1. The number of fused-ring (bicyclic) bond motifs is 1. The summed E-state index contributed by atoms with van der Waals surface area (Å²) in [5, 5.41) is 10.7. The van der Waals surface area contributed by atoms with Gasteiger partial charge in [-0.3, -0.25) is 9.69 Å². The lowest BCUT2D eigenvalue weighted by molar-refractivity contribution is -0.131. The minimum absolute atomic E-state index is 0.217. The number of hydrogen-bond donors (Lipinski definition) is 1. The number of carbonyl (C=O) groups is 2. The first-order valence-corrected chi connectivity index (χ1v) is 11.6. The third kappa shape index (κ3) is 5.39. The van der Waals surface area contributed by atoms with Crippen LogP contribution in [0.1, 0.15) is 48.9 Å². The molecule has 170 valence electrons. The minimum atomic E-state index is -0.580. The molecule has 7 heteroatoms. The zero-order chi connectivity index (χ0) is 21.8. The number of ether oxygens (including phenoxy) is 2. The van der Waals surface area contributed by atoms with Crippen LogP contribution in [0.5, 0.6) is 5.75 Å². The summed E-state index contributed by atoms with van der Waals surface area (Å²) in [6.45, 7) is 4.03. The number of rotatable bonds is 5. The van der Waals surface area contributed by atoms with E-state index in [-0.39, 0.29) is 12.0 Å². The molecule has 31 heavy (non-hydrogen) atoms. The molecule has 7 nitrogen and oxygen atoms in total. The molecule has 1 aliphatic carbocycles. The third-order valence-corrected chi connectivity index (χ3v) is 7.04. The second kappa shape index (κ2) is 10.0. The Hall–Kier alpha value is -2.12. The van der Waals surface area contributed by atoms with E-state index in [2.05, 4.69) is 4.90 Å². The van der Waals surface area contributed by atoms with Gasteiger partial charge in [0.2, 0.25) is 5.91 Å². The quantitative estimate of drug-likeness (QED) is 0.723. The van der Waals surface area contributed by atoms with Gasteiger partial charge in [0.05, 0.1) is 25.3 Å². The van der Waals surface area contributed by atoms with E-state index >= 15 is 0 Å². The Morgan fingerprint density at radius 3 is 2.48 bits per heavy atom. The number of amides is 1. The molecule has 3 fully saturated rings. The highest BCUT2D eigenvalue weighted by Gasteiger charge is 2.44. The van der Waals surface area contributed by atoms with Crippen molar-refractivity contribution in [3.8, 4) is 5.75 Å². The van der Waals surface area contributed by atoms with Gasteiger partial charge in [-0.05, 0) is 68.8 Å². The Labute approximate surface area is 184 Å². The first kappa shape index (κ1) is 22.1. The van der Waals surface area contributed by atoms with E-state index in [9.17, 15) is 14.7 Å². The molecule has 0 unspecified atom stereocenters. The summed E-state index contributed by atoms with van der Waals surface area (Å²) in [6.07, 6.45) is 5.32. The average molecular weight is 431 g/mol. The maximum atomic E-state index is 12.9. The summed E-state index contributed by atoms with van der Waals surface area (Å²) in [5.74, 6) is 1.02. The maximum absolute atomic E-state index is 12.9. The lowest BCUT2D eigenvalue weighted by Gasteiger charge is -2.35. The van der Waals surface area contributed by atoms with Crippen LogP contribution in [0.25, 0.3) is 0 Å². The smallest absolute Gasteiger partial charge is 0.337 e. The average Bonchev–Trinajstić information content (AvgIpc) is 3.00. The summed E-state index contributed by atoms with van der Waals surface area (Å²) in [6, 6.07) is 6.86. The van der Waals surface area contributed by atoms with E-state index in [1.54, 1.807) is 24.3 Å². The van der Waals surface area contributed by atoms with Crippen LogP contribution in [0.3, 0.4) is 0 Å². The topological polar surface area (TPSA) is 79.3 Å². The predicted molar refractivity (Wildman–Crippen MR) is 116 cm³/mol. The molecule has 4 rings (SSSR count). The molecule has 2 saturated heterocycles. The number of likely N-dealkylation sites (tertiary alicyclic amines) is 2. The first-order valence-electron chi connectivity index (χ1n) is 11.6. The van der Waals surface area contributed by atoms with Gasteiger partial charge >= 0.3 is 5.97 Å². The number of aliphatic hydroxyl groups is 1. The van der Waals surface area contributed by atoms with Gasteiger partial charge in [0, 0.05) is 13.1 Å². The molecule has 1 amide bonds. The Bertz CT molecular complexity index is 777. The van der Waals surface area contributed by atoms with Gasteiger partial charge in [0.25, 0.3) is 0 Å². The molecule has 0 spiro atoms. The summed E-state index contributed by atoms with van der Waals surface area (Å²) >= 11 is 0. The molecular formula is C24H34N2O5. The van der Waals surface area contributed by atoms with E-state index in [1.165, 1.54) is 32.8 Å². The molecule has 1 aromatic carbocycles. The van der Waals surface area contributed by atoms with Crippen LogP contribution in [0.15, 0.2) is 24.3 Å². The van der Waals surface area contributed by atoms with Crippen LogP contribution in [-0.4, -0.2) is 78.8 Å². The van der Waals surface area contributed by atoms with Crippen molar-refractivity contribution in [2.45, 2.75) is 50.7 Å². The summed E-state index contributed by atoms with van der Waals surface area (Å²) in [5.41, 5.74) is 0.425. The zero-order valence-corrected chi connectivity index (χ0v) is 18.4. The number of hydrogen-bond acceptors (Lipinski definition) is 6. The van der Waals surface area contributed by atoms with Gasteiger partial charge in [-0.2, -0.15) is 0 Å². The Kier molecular flexibility index (Phi) is 7.13. The molecule has 1 aromatic rings. The lowest BCUT2D eigenvalue weighted by Crippen LogP contribution is -2.42. The Balaban J connectivity index is 1.33. The molecule has 3 aliphatic rings. The van der Waals surface area contributed by atoms with Crippen molar-refractivity contribution in [1.29, 1.82) is 0 Å². The molecule has 1 N–H and O–H groups in total. The highest BCUT2D eigenvalue weighted by atomic mass is 16.5. The van der Waals surface area contributed by atoms with Crippen molar-refractivity contribution in [3.05, 3.63) is 29.8 Å². The second-order valence-corrected chi connectivity index (χ2v) is 9.22. The van der Waals surface area contributed by atoms with Crippen LogP contribution >= 0.6 is 0 Å². The van der Waals surface area contributed by atoms with E-state index in [1.807, 2.05) is 4.90 Å². The van der Waals surface area contributed by atoms with E-state index in [0.717, 1.165) is 26.2 Å². The van der Waals surface area contributed by atoms with Crippen molar-refractivity contribution in [2.24, 2.45) is 11.8 Å². The van der Waals surface area contributed by atoms with Gasteiger partial charge in [-0.1, -0.05) is 18.9 Å². The number of benzene rings is 1. The predicted octanol–water partition coefficient (Wildman–Crippen LogP) is 2.33.